The van der Waals surface area contributed by atoms with Crippen molar-refractivity contribution < 1.29 is 17.6 Å². The number of hydrogen-bond acceptors (Lipinski definition) is 3. The number of ketones is 1. The van der Waals surface area contributed by atoms with Crippen molar-refractivity contribution in [2.45, 2.75) is 18.2 Å². The summed E-state index contributed by atoms with van der Waals surface area (Å²) in [6, 6.07) is 9.53. The van der Waals surface area contributed by atoms with E-state index in [2.05, 4.69) is 4.98 Å². The molecule has 1 heterocycles. The minimum absolute atomic E-state index is 0.00123. The van der Waals surface area contributed by atoms with Crippen LogP contribution < -0.4 is 5.14 Å². The van der Waals surface area contributed by atoms with Gasteiger partial charge in [0.15, 0.2) is 0 Å². The number of hydrogen-bond donors (Lipinski definition) is 2. The number of primary sulfonamides is 1. The Kier molecular flexibility index (Phi) is 3.98. The highest BCUT2D eigenvalue weighted by atomic mass is 32.2. The van der Waals surface area contributed by atoms with Gasteiger partial charge < -0.3 is 4.98 Å². The summed E-state index contributed by atoms with van der Waals surface area (Å²) in [5.41, 5.74) is 2.12. The molecule has 0 atom stereocenters. The summed E-state index contributed by atoms with van der Waals surface area (Å²) in [6.45, 7) is 1.45. The van der Waals surface area contributed by atoms with Gasteiger partial charge in [0, 0.05) is 29.1 Å². The van der Waals surface area contributed by atoms with Crippen LogP contribution in [0.5, 0.6) is 0 Å². The fourth-order valence-electron chi connectivity index (χ4n) is 2.69. The van der Waals surface area contributed by atoms with E-state index in [0.717, 1.165) is 0 Å². The summed E-state index contributed by atoms with van der Waals surface area (Å²) in [5, 5.41) is 5.62. The molecule has 0 aliphatic carbocycles. The number of nitrogens with two attached hydrogens (primary N) is 1. The zero-order valence-corrected chi connectivity index (χ0v) is 13.7. The van der Waals surface area contributed by atoms with E-state index in [9.17, 15) is 17.6 Å². The van der Waals surface area contributed by atoms with E-state index in [1.165, 1.54) is 19.2 Å². The third-order valence-electron chi connectivity index (χ3n) is 3.75. The standard InChI is InChI=1S/C17H15FN2O3S/c1-10(21)6-11-2-4-13(15(18)7-11)12-3-5-14-16(8-12)20-9-17(14)24(19,22)23/h2-5,7-9,20H,6H2,1H3,(H2,19,22,23). The summed E-state index contributed by atoms with van der Waals surface area (Å²) in [7, 11) is -3.83. The number of rotatable bonds is 4. The van der Waals surface area contributed by atoms with Crippen LogP contribution in [0.1, 0.15) is 12.5 Å². The van der Waals surface area contributed by atoms with E-state index < -0.39 is 15.8 Å². The van der Waals surface area contributed by atoms with Crippen molar-refractivity contribution in [2.24, 2.45) is 5.14 Å². The Morgan fingerprint density at radius 1 is 1.21 bits per heavy atom. The van der Waals surface area contributed by atoms with Gasteiger partial charge in [0.2, 0.25) is 10.0 Å². The molecular formula is C17H15FN2O3S. The first kappa shape index (κ1) is 16.4. The van der Waals surface area contributed by atoms with Gasteiger partial charge >= 0.3 is 0 Å². The first-order valence-corrected chi connectivity index (χ1v) is 8.72. The van der Waals surface area contributed by atoms with Crippen molar-refractivity contribution in [3.63, 3.8) is 0 Å². The van der Waals surface area contributed by atoms with Crippen molar-refractivity contribution in [3.8, 4) is 11.1 Å². The maximum absolute atomic E-state index is 14.3. The Morgan fingerprint density at radius 2 is 1.96 bits per heavy atom. The third-order valence-corrected chi connectivity index (χ3v) is 4.70. The molecule has 2 aromatic carbocycles. The van der Waals surface area contributed by atoms with Crippen molar-refractivity contribution in [2.75, 3.05) is 0 Å². The second-order valence-electron chi connectivity index (χ2n) is 5.65. The number of fused-ring (bicyclic) bond motifs is 1. The van der Waals surface area contributed by atoms with E-state index >= 15 is 0 Å². The molecule has 3 rings (SSSR count). The maximum atomic E-state index is 14.3. The van der Waals surface area contributed by atoms with Gasteiger partial charge in [-0.2, -0.15) is 0 Å². The summed E-state index contributed by atoms with van der Waals surface area (Å²) in [5.74, 6) is -0.475. The lowest BCUT2D eigenvalue weighted by atomic mass is 10.0. The average molecular weight is 346 g/mol. The monoisotopic (exact) mass is 346 g/mol. The number of benzene rings is 2. The Bertz CT molecular complexity index is 1050. The minimum atomic E-state index is -3.83. The molecule has 124 valence electrons. The molecule has 24 heavy (non-hydrogen) atoms. The van der Waals surface area contributed by atoms with E-state index in [0.29, 0.717) is 27.6 Å². The van der Waals surface area contributed by atoms with Gasteiger partial charge in [0.05, 0.1) is 0 Å². The fourth-order valence-corrected chi connectivity index (χ4v) is 3.40. The van der Waals surface area contributed by atoms with Crippen LogP contribution in [-0.2, 0) is 21.2 Å². The van der Waals surface area contributed by atoms with Gasteiger partial charge in [0.1, 0.15) is 16.5 Å². The van der Waals surface area contributed by atoms with Gasteiger partial charge in [0.25, 0.3) is 0 Å². The molecule has 5 nitrogen and oxygen atoms in total. The molecule has 0 unspecified atom stereocenters. The van der Waals surface area contributed by atoms with Crippen LogP contribution in [0.25, 0.3) is 22.0 Å². The second-order valence-corrected chi connectivity index (χ2v) is 7.18. The Morgan fingerprint density at radius 3 is 2.58 bits per heavy atom. The molecular weight excluding hydrogens is 331 g/mol. The number of H-pyrrole nitrogens is 1. The number of sulfonamides is 1. The number of carbonyl (C=O) groups excluding carboxylic acids is 1. The first-order valence-electron chi connectivity index (χ1n) is 7.18. The zero-order chi connectivity index (χ0) is 17.5. The van der Waals surface area contributed by atoms with Crippen molar-refractivity contribution in [1.29, 1.82) is 0 Å². The lowest BCUT2D eigenvalue weighted by Crippen LogP contribution is -2.11. The first-order chi connectivity index (χ1) is 11.3. The number of carbonyl (C=O) groups is 1. The number of halogens is 1. The highest BCUT2D eigenvalue weighted by molar-refractivity contribution is 7.89. The van der Waals surface area contributed by atoms with Crippen LogP contribution in [-0.4, -0.2) is 19.2 Å². The molecule has 0 radical (unpaired) electrons. The normalized spacial score (nSPS) is 11.8. The molecule has 1 aromatic heterocycles. The largest absolute Gasteiger partial charge is 0.360 e. The van der Waals surface area contributed by atoms with E-state index in [-0.39, 0.29) is 17.1 Å². The predicted molar refractivity (Wildman–Crippen MR) is 89.5 cm³/mol. The van der Waals surface area contributed by atoms with E-state index in [1.807, 2.05) is 0 Å². The summed E-state index contributed by atoms with van der Waals surface area (Å²) in [4.78, 5) is 14.0. The van der Waals surface area contributed by atoms with E-state index in [4.69, 9.17) is 5.14 Å². The predicted octanol–water partition coefficient (Wildman–Crippen LogP) is 2.75. The topological polar surface area (TPSA) is 93.0 Å². The molecule has 7 heteroatoms. The van der Waals surface area contributed by atoms with Gasteiger partial charge in [-0.15, -0.1) is 0 Å². The summed E-state index contributed by atoms with van der Waals surface area (Å²) < 4.78 is 37.4. The molecule has 0 bridgehead atoms. The number of Topliss-reactive ketones (excluding diaryl/α,β-unsaturated/α-hetero) is 1. The molecule has 0 saturated heterocycles. The summed E-state index contributed by atoms with van der Waals surface area (Å²) in [6.07, 6.45) is 1.50. The van der Waals surface area contributed by atoms with Crippen LogP contribution in [0.3, 0.4) is 0 Å². The zero-order valence-electron chi connectivity index (χ0n) is 12.8. The molecule has 0 fully saturated rings. The van der Waals surface area contributed by atoms with Crippen LogP contribution >= 0.6 is 0 Å². The van der Waals surface area contributed by atoms with Gasteiger partial charge in [-0.3, -0.25) is 4.79 Å². The maximum Gasteiger partial charge on any atom is 0.240 e. The minimum Gasteiger partial charge on any atom is -0.360 e. The number of aromatic nitrogens is 1. The Balaban J connectivity index is 2.06. The van der Waals surface area contributed by atoms with Crippen LogP contribution in [0.2, 0.25) is 0 Å². The summed E-state index contributed by atoms with van der Waals surface area (Å²) >= 11 is 0. The van der Waals surface area contributed by atoms with Gasteiger partial charge in [-0.05, 0) is 30.2 Å². The Hall–Kier alpha value is -2.51. The third kappa shape index (κ3) is 3.08. The smallest absolute Gasteiger partial charge is 0.240 e. The van der Waals surface area contributed by atoms with Crippen LogP contribution in [0.15, 0.2) is 47.5 Å². The lowest BCUT2D eigenvalue weighted by molar-refractivity contribution is -0.116. The molecule has 0 aliphatic rings. The SMILES string of the molecule is CC(=O)Cc1ccc(-c2ccc3c(S(N)(=O)=O)c[nH]c3c2)c(F)c1. The van der Waals surface area contributed by atoms with Crippen molar-refractivity contribution >= 4 is 26.7 Å². The molecule has 0 amide bonds. The van der Waals surface area contributed by atoms with Crippen molar-refractivity contribution in [3.05, 3.63) is 54.0 Å². The highest BCUT2D eigenvalue weighted by Crippen LogP contribution is 2.29. The fraction of sp³-hybridized carbons (Fsp3) is 0.118. The number of nitrogens with one attached hydrogen (secondary N) is 1. The van der Waals surface area contributed by atoms with Gasteiger partial charge in [-0.25, -0.2) is 17.9 Å². The molecule has 3 aromatic rings. The molecule has 0 saturated carbocycles. The average Bonchev–Trinajstić information content (AvgIpc) is 2.89. The number of aromatic amines is 1. The molecule has 0 spiro atoms. The van der Waals surface area contributed by atoms with Gasteiger partial charge in [-0.1, -0.05) is 24.3 Å². The van der Waals surface area contributed by atoms with E-state index in [1.54, 1.807) is 30.3 Å². The molecule has 0 aliphatic heterocycles. The quantitative estimate of drug-likeness (QED) is 0.761. The second kappa shape index (κ2) is 5.85. The Labute approximate surface area is 138 Å². The van der Waals surface area contributed by atoms with Crippen molar-refractivity contribution in [1.82, 2.24) is 4.98 Å². The van der Waals surface area contributed by atoms with Crippen LogP contribution in [0.4, 0.5) is 4.39 Å². The highest BCUT2D eigenvalue weighted by Gasteiger charge is 2.15. The van der Waals surface area contributed by atoms with Crippen LogP contribution in [0, 0.1) is 5.82 Å². The lowest BCUT2D eigenvalue weighted by Gasteiger charge is -2.06. The molecule has 3 N–H and O–H groups in total.